The summed E-state index contributed by atoms with van der Waals surface area (Å²) in [6.07, 6.45) is 7.67. The van der Waals surface area contributed by atoms with Crippen LogP contribution in [-0.4, -0.2) is 16.5 Å². The molecule has 1 saturated carbocycles. The maximum absolute atomic E-state index is 4.36. The molecule has 14 heavy (non-hydrogen) atoms. The zero-order valence-electron chi connectivity index (χ0n) is 8.66. The summed E-state index contributed by atoms with van der Waals surface area (Å²) < 4.78 is 0. The van der Waals surface area contributed by atoms with Gasteiger partial charge in [0.2, 0.25) is 0 Å². The van der Waals surface area contributed by atoms with Crippen LogP contribution in [0.1, 0.15) is 31.2 Å². The third kappa shape index (κ3) is 2.77. The first-order valence-corrected chi connectivity index (χ1v) is 5.39. The lowest BCUT2D eigenvalue weighted by Gasteiger charge is -2.02. The number of nitrogens with one attached hydrogen (secondary N) is 1. The first-order valence-electron chi connectivity index (χ1n) is 5.39. The molecule has 1 aliphatic carbocycles. The lowest BCUT2D eigenvalue weighted by molar-refractivity contribution is 0.710. The Kier molecular flexibility index (Phi) is 3.09. The van der Waals surface area contributed by atoms with E-state index in [-0.39, 0.29) is 0 Å². The molecule has 1 aromatic rings. The molecule has 76 valence electrons. The summed E-state index contributed by atoms with van der Waals surface area (Å²) in [6.45, 7) is 3.96. The van der Waals surface area contributed by atoms with Gasteiger partial charge in [0, 0.05) is 30.9 Å². The van der Waals surface area contributed by atoms with Crippen LogP contribution in [0.2, 0.25) is 0 Å². The Morgan fingerprint density at radius 3 is 2.64 bits per heavy atom. The minimum atomic E-state index is 0.870. The quantitative estimate of drug-likeness (QED) is 0.767. The van der Waals surface area contributed by atoms with Crippen molar-refractivity contribution in [2.75, 3.05) is 6.54 Å². The lowest BCUT2D eigenvalue weighted by Crippen LogP contribution is -2.12. The average Bonchev–Trinajstić information content (AvgIpc) is 3.01. The molecule has 3 nitrogen and oxygen atoms in total. The van der Waals surface area contributed by atoms with E-state index in [4.69, 9.17) is 0 Å². The fourth-order valence-corrected chi connectivity index (χ4v) is 1.43. The van der Waals surface area contributed by atoms with Crippen molar-refractivity contribution in [3.05, 3.63) is 23.8 Å². The molecule has 0 amide bonds. The second-order valence-electron chi connectivity index (χ2n) is 3.94. The van der Waals surface area contributed by atoms with Gasteiger partial charge in [-0.25, -0.2) is 9.97 Å². The fourth-order valence-electron chi connectivity index (χ4n) is 1.43. The fraction of sp³-hybridized carbons (Fsp3) is 0.636. The predicted octanol–water partition coefficient (Wildman–Crippen LogP) is 1.54. The summed E-state index contributed by atoms with van der Waals surface area (Å²) >= 11 is 0. The van der Waals surface area contributed by atoms with Gasteiger partial charge >= 0.3 is 0 Å². The number of hydrogen-bond acceptors (Lipinski definition) is 3. The molecule has 3 heteroatoms. The van der Waals surface area contributed by atoms with E-state index < -0.39 is 0 Å². The Balaban J connectivity index is 1.88. The molecule has 0 spiro atoms. The van der Waals surface area contributed by atoms with Crippen LogP contribution in [-0.2, 0) is 13.0 Å². The maximum atomic E-state index is 4.36. The van der Waals surface area contributed by atoms with Crippen LogP contribution in [0.25, 0.3) is 0 Å². The van der Waals surface area contributed by atoms with Crippen molar-refractivity contribution in [1.29, 1.82) is 0 Å². The molecule has 0 aromatic carbocycles. The Hall–Kier alpha value is -0.960. The molecule has 0 saturated heterocycles. The maximum Gasteiger partial charge on any atom is 0.128 e. The highest BCUT2D eigenvalue weighted by Gasteiger charge is 2.22. The zero-order chi connectivity index (χ0) is 9.80. The highest BCUT2D eigenvalue weighted by molar-refractivity contribution is 5.05. The van der Waals surface area contributed by atoms with Crippen molar-refractivity contribution in [2.24, 2.45) is 5.92 Å². The zero-order valence-corrected chi connectivity index (χ0v) is 8.66. The van der Waals surface area contributed by atoms with Crippen LogP contribution >= 0.6 is 0 Å². The van der Waals surface area contributed by atoms with E-state index in [1.165, 1.54) is 18.4 Å². The second-order valence-corrected chi connectivity index (χ2v) is 3.94. The van der Waals surface area contributed by atoms with E-state index in [0.717, 1.165) is 31.3 Å². The van der Waals surface area contributed by atoms with Gasteiger partial charge < -0.3 is 5.32 Å². The van der Waals surface area contributed by atoms with Gasteiger partial charge in [-0.2, -0.15) is 0 Å². The molecule has 1 fully saturated rings. The smallest absolute Gasteiger partial charge is 0.128 e. The molecule has 0 unspecified atom stereocenters. The second kappa shape index (κ2) is 4.51. The van der Waals surface area contributed by atoms with Crippen molar-refractivity contribution in [3.63, 3.8) is 0 Å². The normalized spacial score (nSPS) is 15.8. The molecule has 2 rings (SSSR count). The van der Waals surface area contributed by atoms with Gasteiger partial charge in [-0.3, -0.25) is 0 Å². The molecule has 0 radical (unpaired) electrons. The van der Waals surface area contributed by atoms with E-state index in [0.29, 0.717) is 0 Å². The molecule has 1 aliphatic rings. The van der Waals surface area contributed by atoms with E-state index in [1.807, 2.05) is 12.4 Å². The van der Waals surface area contributed by atoms with Crippen LogP contribution in [0.15, 0.2) is 12.4 Å². The Bertz CT molecular complexity index is 277. The summed E-state index contributed by atoms with van der Waals surface area (Å²) in [5.41, 5.74) is 1.17. The number of nitrogens with zero attached hydrogens (tertiary/aromatic N) is 2. The van der Waals surface area contributed by atoms with Gasteiger partial charge in [0.05, 0.1) is 0 Å². The van der Waals surface area contributed by atoms with Gasteiger partial charge in [0.25, 0.3) is 0 Å². The number of hydrogen-bond donors (Lipinski definition) is 1. The highest BCUT2D eigenvalue weighted by Crippen LogP contribution is 2.31. The lowest BCUT2D eigenvalue weighted by atomic mass is 10.2. The SMILES string of the molecule is CCNCc1cnc(CC2CC2)nc1. The molecule has 1 heterocycles. The van der Waals surface area contributed by atoms with Crippen molar-refractivity contribution in [2.45, 2.75) is 32.7 Å². The Labute approximate surface area is 85.0 Å². The minimum absolute atomic E-state index is 0.870. The summed E-state index contributed by atoms with van der Waals surface area (Å²) in [6, 6.07) is 0. The molecule has 0 aliphatic heterocycles. The molecular weight excluding hydrogens is 174 g/mol. The molecular formula is C11H17N3. The monoisotopic (exact) mass is 191 g/mol. The highest BCUT2D eigenvalue weighted by atomic mass is 14.9. The van der Waals surface area contributed by atoms with Crippen molar-refractivity contribution < 1.29 is 0 Å². The third-order valence-electron chi connectivity index (χ3n) is 2.51. The molecule has 0 atom stereocenters. The van der Waals surface area contributed by atoms with E-state index in [1.54, 1.807) is 0 Å². The summed E-state index contributed by atoms with van der Waals surface area (Å²) in [4.78, 5) is 8.72. The summed E-state index contributed by atoms with van der Waals surface area (Å²) in [5, 5.41) is 3.26. The minimum Gasteiger partial charge on any atom is -0.313 e. The van der Waals surface area contributed by atoms with Gasteiger partial charge in [0.1, 0.15) is 5.82 Å². The predicted molar refractivity (Wildman–Crippen MR) is 55.8 cm³/mol. The van der Waals surface area contributed by atoms with Crippen LogP contribution < -0.4 is 5.32 Å². The third-order valence-corrected chi connectivity index (χ3v) is 2.51. The van der Waals surface area contributed by atoms with Crippen molar-refractivity contribution >= 4 is 0 Å². The van der Waals surface area contributed by atoms with Crippen molar-refractivity contribution in [3.8, 4) is 0 Å². The summed E-state index contributed by atoms with van der Waals surface area (Å²) in [5.74, 6) is 1.88. The first-order chi connectivity index (χ1) is 6.88. The summed E-state index contributed by atoms with van der Waals surface area (Å²) in [7, 11) is 0. The van der Waals surface area contributed by atoms with Gasteiger partial charge in [-0.15, -0.1) is 0 Å². The van der Waals surface area contributed by atoms with Gasteiger partial charge in [-0.1, -0.05) is 6.92 Å². The van der Waals surface area contributed by atoms with Crippen LogP contribution in [0.3, 0.4) is 0 Å². The van der Waals surface area contributed by atoms with Crippen LogP contribution in [0, 0.1) is 5.92 Å². The molecule has 0 bridgehead atoms. The van der Waals surface area contributed by atoms with Gasteiger partial charge in [0.15, 0.2) is 0 Å². The molecule has 1 aromatic heterocycles. The van der Waals surface area contributed by atoms with E-state index >= 15 is 0 Å². The van der Waals surface area contributed by atoms with Gasteiger partial charge in [-0.05, 0) is 25.3 Å². The molecule has 1 N–H and O–H groups in total. The largest absolute Gasteiger partial charge is 0.313 e. The van der Waals surface area contributed by atoms with Crippen LogP contribution in [0.5, 0.6) is 0 Å². The average molecular weight is 191 g/mol. The van der Waals surface area contributed by atoms with Crippen LogP contribution in [0.4, 0.5) is 0 Å². The van der Waals surface area contributed by atoms with E-state index in [2.05, 4.69) is 22.2 Å². The number of rotatable bonds is 5. The van der Waals surface area contributed by atoms with Crippen molar-refractivity contribution in [1.82, 2.24) is 15.3 Å². The number of aromatic nitrogens is 2. The topological polar surface area (TPSA) is 37.8 Å². The standard InChI is InChI=1S/C11H17N3/c1-2-12-6-10-7-13-11(14-8-10)5-9-3-4-9/h7-9,12H,2-6H2,1H3. The Morgan fingerprint density at radius 1 is 1.36 bits per heavy atom. The van der Waals surface area contributed by atoms with E-state index in [9.17, 15) is 0 Å². The Morgan fingerprint density at radius 2 is 2.07 bits per heavy atom. The first kappa shape index (κ1) is 9.59.